The third-order valence-electron chi connectivity index (χ3n) is 7.72. The maximum absolute atomic E-state index is 12.7. The molecule has 5 heteroatoms. The highest BCUT2D eigenvalue weighted by Gasteiger charge is 2.44. The number of hydrogen-bond acceptors (Lipinski definition) is 3. The number of ether oxygens (including phenoxy) is 1. The van der Waals surface area contributed by atoms with Gasteiger partial charge in [-0.3, -0.25) is 9.59 Å². The predicted octanol–water partition coefficient (Wildman–Crippen LogP) is 4.97. The second-order valence-corrected chi connectivity index (χ2v) is 10.2. The van der Waals surface area contributed by atoms with Crippen LogP contribution in [-0.2, 0) is 4.79 Å². The van der Waals surface area contributed by atoms with Gasteiger partial charge in [-0.15, -0.1) is 0 Å². The largest absolute Gasteiger partial charge is 0.490 e. The maximum atomic E-state index is 12.7. The molecule has 1 saturated carbocycles. The first-order valence-corrected chi connectivity index (χ1v) is 12.5. The number of benzene rings is 1. The molecule has 5 nitrogen and oxygen atoms in total. The molecule has 2 bridgehead atoms. The summed E-state index contributed by atoms with van der Waals surface area (Å²) in [6.45, 7) is 6.69. The molecule has 0 radical (unpaired) electrons. The molecular weight excluding hydrogens is 400 g/mol. The molecule has 3 aliphatic rings. The van der Waals surface area contributed by atoms with Gasteiger partial charge in [-0.2, -0.15) is 0 Å². The Labute approximate surface area is 192 Å². The Hall–Kier alpha value is -2.30. The van der Waals surface area contributed by atoms with Gasteiger partial charge in [-0.1, -0.05) is 38.5 Å². The van der Waals surface area contributed by atoms with Crippen molar-refractivity contribution in [3.63, 3.8) is 0 Å². The van der Waals surface area contributed by atoms with Crippen molar-refractivity contribution in [3.8, 4) is 5.75 Å². The average molecular weight is 439 g/mol. The molecule has 2 fully saturated rings. The van der Waals surface area contributed by atoms with Crippen molar-refractivity contribution < 1.29 is 14.3 Å². The monoisotopic (exact) mass is 438 g/mol. The van der Waals surface area contributed by atoms with Crippen LogP contribution < -0.4 is 10.1 Å². The van der Waals surface area contributed by atoms with E-state index in [0.29, 0.717) is 29.9 Å². The van der Waals surface area contributed by atoms with Crippen LogP contribution in [0, 0.1) is 17.3 Å². The highest BCUT2D eigenvalue weighted by molar-refractivity contribution is 5.94. The first-order chi connectivity index (χ1) is 15.5. The molecule has 32 heavy (non-hydrogen) atoms. The third kappa shape index (κ3) is 5.36. The number of piperidine rings is 1. The van der Waals surface area contributed by atoms with E-state index in [1.807, 2.05) is 29.2 Å². The van der Waals surface area contributed by atoms with Crippen LogP contribution in [-0.4, -0.2) is 42.5 Å². The van der Waals surface area contributed by atoms with E-state index in [-0.39, 0.29) is 17.9 Å². The predicted molar refractivity (Wildman–Crippen MR) is 127 cm³/mol. The summed E-state index contributed by atoms with van der Waals surface area (Å²) < 4.78 is 6.17. The highest BCUT2D eigenvalue weighted by Crippen LogP contribution is 2.53. The van der Waals surface area contributed by atoms with Crippen LogP contribution in [0.5, 0.6) is 5.75 Å². The maximum Gasteiger partial charge on any atom is 0.251 e. The summed E-state index contributed by atoms with van der Waals surface area (Å²) in [6, 6.07) is 7.49. The average Bonchev–Trinajstić information content (AvgIpc) is 3.39. The second-order valence-electron chi connectivity index (χ2n) is 10.2. The van der Waals surface area contributed by atoms with E-state index in [1.165, 1.54) is 12.8 Å². The van der Waals surface area contributed by atoms with Crippen LogP contribution in [0.4, 0.5) is 0 Å². The molecule has 1 aliphatic heterocycles. The first-order valence-electron chi connectivity index (χ1n) is 12.5. The summed E-state index contributed by atoms with van der Waals surface area (Å²) >= 11 is 0. The van der Waals surface area contributed by atoms with Gasteiger partial charge >= 0.3 is 0 Å². The smallest absolute Gasteiger partial charge is 0.251 e. The van der Waals surface area contributed by atoms with Crippen LogP contribution in [0.3, 0.4) is 0 Å². The first kappa shape index (κ1) is 22.9. The molecule has 1 N–H and O–H groups in total. The molecule has 1 aromatic carbocycles. The van der Waals surface area contributed by atoms with E-state index in [1.54, 1.807) is 0 Å². The number of unbranched alkanes of at least 4 members (excludes halogenated alkanes) is 1. The highest BCUT2D eigenvalue weighted by atomic mass is 16.5. The summed E-state index contributed by atoms with van der Waals surface area (Å²) in [5.41, 5.74) is 0.970. The lowest BCUT2D eigenvalue weighted by molar-refractivity contribution is -0.133. The molecule has 1 heterocycles. The van der Waals surface area contributed by atoms with E-state index in [2.05, 4.69) is 31.3 Å². The van der Waals surface area contributed by atoms with Gasteiger partial charge in [0, 0.05) is 44.5 Å². The Kier molecular flexibility index (Phi) is 7.22. The molecule has 174 valence electrons. The van der Waals surface area contributed by atoms with E-state index in [0.717, 1.165) is 56.9 Å². The fourth-order valence-electron chi connectivity index (χ4n) is 5.66. The Balaban J connectivity index is 1.22. The molecule has 2 aliphatic carbocycles. The zero-order valence-electron chi connectivity index (χ0n) is 19.6. The minimum Gasteiger partial charge on any atom is -0.490 e. The van der Waals surface area contributed by atoms with Crippen molar-refractivity contribution in [2.24, 2.45) is 17.3 Å². The van der Waals surface area contributed by atoms with Gasteiger partial charge in [-0.25, -0.2) is 0 Å². The van der Waals surface area contributed by atoms with Gasteiger partial charge in [0.25, 0.3) is 5.91 Å². The molecule has 2 amide bonds. The van der Waals surface area contributed by atoms with E-state index < -0.39 is 0 Å². The number of allylic oxidation sites excluding steroid dienone is 2. The lowest BCUT2D eigenvalue weighted by atomic mass is 9.75. The van der Waals surface area contributed by atoms with Crippen molar-refractivity contribution in [2.45, 2.75) is 71.3 Å². The number of rotatable bonds is 9. The van der Waals surface area contributed by atoms with Gasteiger partial charge in [0.05, 0.1) is 0 Å². The van der Waals surface area contributed by atoms with Crippen LogP contribution in [0.1, 0.15) is 75.6 Å². The SMILES string of the molecule is CCCCC(=O)N1CCC(Oc2cccc(C(=O)NCCC3(C)CC4C=CC3C4)c2)CC1. The molecule has 1 aromatic rings. The van der Waals surface area contributed by atoms with Crippen molar-refractivity contribution >= 4 is 11.8 Å². The van der Waals surface area contributed by atoms with E-state index in [9.17, 15) is 9.59 Å². The number of fused-ring (bicyclic) bond motifs is 2. The lowest BCUT2D eigenvalue weighted by Gasteiger charge is -2.32. The van der Waals surface area contributed by atoms with E-state index >= 15 is 0 Å². The minimum atomic E-state index is -0.0333. The second kappa shape index (κ2) is 10.1. The van der Waals surface area contributed by atoms with Crippen LogP contribution in [0.25, 0.3) is 0 Å². The molecule has 4 rings (SSSR count). The number of carbonyl (C=O) groups is 2. The van der Waals surface area contributed by atoms with Crippen LogP contribution in [0.15, 0.2) is 36.4 Å². The van der Waals surface area contributed by atoms with Crippen LogP contribution in [0.2, 0.25) is 0 Å². The molecular formula is C27H38N2O3. The van der Waals surface area contributed by atoms with Gasteiger partial charge in [0.15, 0.2) is 0 Å². The fourth-order valence-corrected chi connectivity index (χ4v) is 5.66. The van der Waals surface area contributed by atoms with Crippen molar-refractivity contribution in [2.75, 3.05) is 19.6 Å². The Bertz CT molecular complexity index is 843. The van der Waals surface area contributed by atoms with Crippen LogP contribution >= 0.6 is 0 Å². The van der Waals surface area contributed by atoms with Crippen molar-refractivity contribution in [1.29, 1.82) is 0 Å². The van der Waals surface area contributed by atoms with Crippen molar-refractivity contribution in [3.05, 3.63) is 42.0 Å². The summed E-state index contributed by atoms with van der Waals surface area (Å²) in [5, 5.41) is 3.11. The number of carbonyl (C=O) groups excluding carboxylic acids is 2. The number of hydrogen-bond donors (Lipinski definition) is 1. The Morgan fingerprint density at radius 2 is 2.03 bits per heavy atom. The zero-order valence-corrected chi connectivity index (χ0v) is 19.6. The van der Waals surface area contributed by atoms with Gasteiger partial charge in [0.2, 0.25) is 5.91 Å². The third-order valence-corrected chi connectivity index (χ3v) is 7.72. The zero-order chi connectivity index (χ0) is 22.6. The van der Waals surface area contributed by atoms with Gasteiger partial charge < -0.3 is 15.0 Å². The topological polar surface area (TPSA) is 58.6 Å². The molecule has 1 saturated heterocycles. The normalized spacial score (nSPS) is 27.0. The summed E-state index contributed by atoms with van der Waals surface area (Å²) in [5.74, 6) is 2.39. The Morgan fingerprint density at radius 3 is 2.72 bits per heavy atom. The number of amides is 2. The number of nitrogens with zero attached hydrogens (tertiary/aromatic N) is 1. The standard InChI is InChI=1S/C27H38N2O3/c1-3-4-8-25(30)29-15-11-23(12-16-29)32-24-7-5-6-21(18-24)26(31)28-14-13-27(2)19-20-9-10-22(27)17-20/h5-7,9-10,18,20,22-23H,3-4,8,11-17,19H2,1-2H3,(H,28,31). The quantitative estimate of drug-likeness (QED) is 0.554. The molecule has 0 aromatic heterocycles. The lowest BCUT2D eigenvalue weighted by Crippen LogP contribution is -2.41. The Morgan fingerprint density at radius 1 is 1.22 bits per heavy atom. The summed E-state index contributed by atoms with van der Waals surface area (Å²) in [4.78, 5) is 26.9. The minimum absolute atomic E-state index is 0.0333. The summed E-state index contributed by atoms with van der Waals surface area (Å²) in [7, 11) is 0. The fraction of sp³-hybridized carbons (Fsp3) is 0.630. The molecule has 3 unspecified atom stereocenters. The van der Waals surface area contributed by atoms with Crippen molar-refractivity contribution in [1.82, 2.24) is 10.2 Å². The van der Waals surface area contributed by atoms with Gasteiger partial charge in [0.1, 0.15) is 11.9 Å². The number of nitrogens with one attached hydrogen (secondary N) is 1. The van der Waals surface area contributed by atoms with Gasteiger partial charge in [-0.05, 0) is 61.1 Å². The number of likely N-dealkylation sites (tertiary alicyclic amines) is 1. The molecule has 0 spiro atoms. The van der Waals surface area contributed by atoms with E-state index in [4.69, 9.17) is 4.74 Å². The molecule has 3 atom stereocenters. The summed E-state index contributed by atoms with van der Waals surface area (Å²) in [6.07, 6.45) is 12.7.